The Bertz CT molecular complexity index is 547. The van der Waals surface area contributed by atoms with Gasteiger partial charge in [-0.1, -0.05) is 31.4 Å². The third-order valence-corrected chi connectivity index (χ3v) is 6.28. The van der Waals surface area contributed by atoms with Gasteiger partial charge in [0.1, 0.15) is 4.90 Å². The first kappa shape index (κ1) is 14.8. The van der Waals surface area contributed by atoms with Crippen LogP contribution in [0.5, 0.6) is 0 Å². The van der Waals surface area contributed by atoms with E-state index >= 15 is 0 Å². The molecule has 2 unspecified atom stereocenters. The SMILES string of the molecule is CC1CCCCC1N(C)S(=O)(=O)c1cnccc1Cl. The van der Waals surface area contributed by atoms with Crippen LogP contribution in [-0.2, 0) is 10.0 Å². The largest absolute Gasteiger partial charge is 0.263 e. The minimum Gasteiger partial charge on any atom is -0.263 e. The lowest BCUT2D eigenvalue weighted by atomic mass is 9.86. The number of hydrogen-bond donors (Lipinski definition) is 0. The van der Waals surface area contributed by atoms with Crippen molar-refractivity contribution in [1.82, 2.24) is 9.29 Å². The van der Waals surface area contributed by atoms with Crippen molar-refractivity contribution in [1.29, 1.82) is 0 Å². The molecular formula is C13H19ClN2O2S. The molecule has 0 saturated heterocycles. The van der Waals surface area contributed by atoms with E-state index in [1.807, 2.05) is 0 Å². The van der Waals surface area contributed by atoms with Gasteiger partial charge < -0.3 is 0 Å². The minimum absolute atomic E-state index is 0.0509. The summed E-state index contributed by atoms with van der Waals surface area (Å²) in [5.74, 6) is 0.379. The van der Waals surface area contributed by atoms with E-state index in [1.165, 1.54) is 29.2 Å². The van der Waals surface area contributed by atoms with E-state index in [4.69, 9.17) is 11.6 Å². The van der Waals surface area contributed by atoms with Crippen LogP contribution in [0.4, 0.5) is 0 Å². The topological polar surface area (TPSA) is 50.3 Å². The molecule has 0 aliphatic heterocycles. The van der Waals surface area contributed by atoms with Crippen molar-refractivity contribution in [3.05, 3.63) is 23.5 Å². The van der Waals surface area contributed by atoms with E-state index in [0.717, 1.165) is 19.3 Å². The zero-order valence-corrected chi connectivity index (χ0v) is 12.8. The maximum absolute atomic E-state index is 12.6. The van der Waals surface area contributed by atoms with Gasteiger partial charge in [0.25, 0.3) is 0 Å². The Labute approximate surface area is 119 Å². The monoisotopic (exact) mass is 302 g/mol. The van der Waals surface area contributed by atoms with Crippen LogP contribution >= 0.6 is 11.6 Å². The van der Waals surface area contributed by atoms with Crippen LogP contribution in [-0.4, -0.2) is 30.8 Å². The van der Waals surface area contributed by atoms with E-state index in [9.17, 15) is 8.42 Å². The molecule has 6 heteroatoms. The summed E-state index contributed by atoms with van der Waals surface area (Å²) in [6.07, 6.45) is 7.06. The number of nitrogens with zero attached hydrogens (tertiary/aromatic N) is 2. The highest BCUT2D eigenvalue weighted by molar-refractivity contribution is 7.89. The summed E-state index contributed by atoms with van der Waals surface area (Å²) in [5.41, 5.74) is 0. The lowest BCUT2D eigenvalue weighted by Crippen LogP contribution is -2.42. The Balaban J connectivity index is 2.31. The Hall–Kier alpha value is -0.650. The summed E-state index contributed by atoms with van der Waals surface area (Å²) < 4.78 is 26.7. The maximum atomic E-state index is 12.6. The van der Waals surface area contributed by atoms with E-state index in [2.05, 4.69) is 11.9 Å². The van der Waals surface area contributed by atoms with Crippen molar-refractivity contribution in [2.75, 3.05) is 7.05 Å². The maximum Gasteiger partial charge on any atom is 0.246 e. The van der Waals surface area contributed by atoms with E-state index in [-0.39, 0.29) is 16.0 Å². The molecule has 2 atom stereocenters. The second kappa shape index (κ2) is 5.77. The second-order valence-electron chi connectivity index (χ2n) is 5.16. The molecule has 1 fully saturated rings. The first-order chi connectivity index (χ1) is 8.94. The summed E-state index contributed by atoms with van der Waals surface area (Å²) in [6, 6.07) is 1.56. The van der Waals surface area contributed by atoms with Crippen LogP contribution < -0.4 is 0 Å². The zero-order valence-electron chi connectivity index (χ0n) is 11.2. The number of rotatable bonds is 3. The fourth-order valence-corrected chi connectivity index (χ4v) is 4.61. The van der Waals surface area contributed by atoms with Gasteiger partial charge in [-0.3, -0.25) is 4.98 Å². The molecule has 0 spiro atoms. The average Bonchev–Trinajstić information content (AvgIpc) is 2.39. The molecule has 0 N–H and O–H groups in total. The highest BCUT2D eigenvalue weighted by Gasteiger charge is 2.34. The van der Waals surface area contributed by atoms with E-state index in [1.54, 1.807) is 7.05 Å². The predicted octanol–water partition coefficient (Wildman–Crippen LogP) is 2.93. The summed E-state index contributed by atoms with van der Waals surface area (Å²) in [7, 11) is -1.92. The Morgan fingerprint density at radius 3 is 2.68 bits per heavy atom. The molecule has 0 amide bonds. The van der Waals surface area contributed by atoms with Crippen molar-refractivity contribution in [3.8, 4) is 0 Å². The van der Waals surface area contributed by atoms with Crippen LogP contribution in [0.25, 0.3) is 0 Å². The molecule has 0 bridgehead atoms. The third-order valence-electron chi connectivity index (χ3n) is 3.92. The molecule has 1 aromatic heterocycles. The van der Waals surface area contributed by atoms with E-state index in [0.29, 0.717) is 5.92 Å². The van der Waals surface area contributed by atoms with Crippen LogP contribution in [0, 0.1) is 5.92 Å². The van der Waals surface area contributed by atoms with Crippen molar-refractivity contribution in [2.45, 2.75) is 43.5 Å². The van der Waals surface area contributed by atoms with Gasteiger partial charge in [-0.25, -0.2) is 8.42 Å². The van der Waals surface area contributed by atoms with Gasteiger partial charge in [-0.2, -0.15) is 4.31 Å². The molecule has 1 heterocycles. The van der Waals surface area contributed by atoms with Crippen LogP contribution in [0.15, 0.2) is 23.4 Å². The Kier molecular flexibility index (Phi) is 4.48. The van der Waals surface area contributed by atoms with Crippen LogP contribution in [0.2, 0.25) is 5.02 Å². The van der Waals surface area contributed by atoms with Gasteiger partial charge in [-0.15, -0.1) is 0 Å². The number of pyridine rings is 1. The smallest absolute Gasteiger partial charge is 0.246 e. The number of hydrogen-bond acceptors (Lipinski definition) is 3. The first-order valence-corrected chi connectivity index (χ1v) is 8.34. The highest BCUT2D eigenvalue weighted by atomic mass is 35.5. The molecule has 0 aromatic carbocycles. The molecule has 19 heavy (non-hydrogen) atoms. The van der Waals surface area contributed by atoms with Gasteiger partial charge in [-0.05, 0) is 24.8 Å². The first-order valence-electron chi connectivity index (χ1n) is 6.52. The summed E-state index contributed by atoms with van der Waals surface area (Å²) >= 11 is 5.98. The zero-order chi connectivity index (χ0) is 14.0. The standard InChI is InChI=1S/C13H19ClN2O2S/c1-10-5-3-4-6-12(10)16(2)19(17,18)13-9-15-8-7-11(13)14/h7-10,12H,3-6H2,1-2H3. The molecule has 1 aromatic rings. The Morgan fingerprint density at radius 1 is 1.37 bits per heavy atom. The Morgan fingerprint density at radius 2 is 2.05 bits per heavy atom. The molecule has 1 saturated carbocycles. The van der Waals surface area contributed by atoms with Gasteiger partial charge in [0.05, 0.1) is 5.02 Å². The summed E-state index contributed by atoms with van der Waals surface area (Å²) in [6.45, 7) is 2.11. The summed E-state index contributed by atoms with van der Waals surface area (Å²) in [5, 5.41) is 0.227. The number of aromatic nitrogens is 1. The van der Waals surface area contributed by atoms with Crippen LogP contribution in [0.1, 0.15) is 32.6 Å². The molecular weight excluding hydrogens is 284 g/mol. The normalized spacial score (nSPS) is 24.6. The van der Waals surface area contributed by atoms with Gasteiger partial charge in [0.2, 0.25) is 10.0 Å². The van der Waals surface area contributed by atoms with Crippen molar-refractivity contribution in [3.63, 3.8) is 0 Å². The molecule has 2 rings (SSSR count). The van der Waals surface area contributed by atoms with Gasteiger partial charge >= 0.3 is 0 Å². The average molecular weight is 303 g/mol. The van der Waals surface area contributed by atoms with Gasteiger partial charge in [0, 0.05) is 25.5 Å². The number of sulfonamides is 1. The van der Waals surface area contributed by atoms with Gasteiger partial charge in [0.15, 0.2) is 0 Å². The quantitative estimate of drug-likeness (QED) is 0.862. The fourth-order valence-electron chi connectivity index (χ4n) is 2.72. The minimum atomic E-state index is -3.56. The lowest BCUT2D eigenvalue weighted by molar-refractivity contribution is 0.213. The lowest BCUT2D eigenvalue weighted by Gasteiger charge is -2.35. The van der Waals surface area contributed by atoms with Crippen molar-refractivity contribution >= 4 is 21.6 Å². The molecule has 4 nitrogen and oxygen atoms in total. The second-order valence-corrected chi connectivity index (χ2v) is 7.53. The molecule has 0 radical (unpaired) electrons. The third kappa shape index (κ3) is 2.93. The van der Waals surface area contributed by atoms with Crippen molar-refractivity contribution in [2.24, 2.45) is 5.92 Å². The number of halogens is 1. The predicted molar refractivity (Wildman–Crippen MR) is 75.6 cm³/mol. The van der Waals surface area contributed by atoms with Crippen molar-refractivity contribution < 1.29 is 8.42 Å². The molecule has 106 valence electrons. The fraction of sp³-hybridized carbons (Fsp3) is 0.615. The highest BCUT2D eigenvalue weighted by Crippen LogP contribution is 2.32. The summed E-state index contributed by atoms with van der Waals surface area (Å²) in [4.78, 5) is 3.96. The van der Waals surface area contributed by atoms with Crippen LogP contribution in [0.3, 0.4) is 0 Å². The molecule has 1 aliphatic carbocycles. The molecule has 1 aliphatic rings. The van der Waals surface area contributed by atoms with E-state index < -0.39 is 10.0 Å².